The summed E-state index contributed by atoms with van der Waals surface area (Å²) in [6.45, 7) is -0.143. The molecule has 0 bridgehead atoms. The molecule has 5 nitrogen and oxygen atoms in total. The molecule has 2 N–H and O–H groups in total. The molecule has 1 aromatic rings. The van der Waals surface area contributed by atoms with E-state index in [2.05, 4.69) is 4.72 Å². The lowest BCUT2D eigenvalue weighted by Crippen LogP contribution is -2.33. The first-order valence-electron chi connectivity index (χ1n) is 5.87. The number of halogens is 1. The third kappa shape index (κ3) is 3.68. The number of carboxylic acid groups (broad SMARTS) is 1. The van der Waals surface area contributed by atoms with Gasteiger partial charge in [-0.3, -0.25) is 4.79 Å². The normalized spacial score (nSPS) is 17.1. The third-order valence-corrected chi connectivity index (χ3v) is 5.19. The van der Waals surface area contributed by atoms with Gasteiger partial charge in [0.1, 0.15) is 0 Å². The van der Waals surface area contributed by atoms with E-state index < -0.39 is 21.9 Å². The molecule has 0 spiro atoms. The smallest absolute Gasteiger partial charge is 0.312 e. The number of benzene rings is 1. The second kappa shape index (κ2) is 5.48. The van der Waals surface area contributed by atoms with Gasteiger partial charge in [-0.1, -0.05) is 23.7 Å². The maximum Gasteiger partial charge on any atom is 0.312 e. The number of hydrogen-bond donors (Lipinski definition) is 2. The van der Waals surface area contributed by atoms with E-state index >= 15 is 0 Å². The van der Waals surface area contributed by atoms with Crippen molar-refractivity contribution in [2.24, 2.45) is 0 Å². The summed E-state index contributed by atoms with van der Waals surface area (Å²) in [6, 6.07) is 6.35. The van der Waals surface area contributed by atoms with E-state index in [1.165, 1.54) is 0 Å². The van der Waals surface area contributed by atoms with Crippen LogP contribution >= 0.6 is 11.6 Å². The van der Waals surface area contributed by atoms with E-state index in [4.69, 9.17) is 11.6 Å². The van der Waals surface area contributed by atoms with Crippen LogP contribution in [0.4, 0.5) is 0 Å². The Morgan fingerprint density at radius 3 is 2.42 bits per heavy atom. The van der Waals surface area contributed by atoms with Crippen LogP contribution in [-0.4, -0.2) is 31.3 Å². The molecule has 2 rings (SSSR count). The summed E-state index contributed by atoms with van der Waals surface area (Å²) in [5.41, 5.74) is 0.524. The Kier molecular flexibility index (Phi) is 4.13. The number of aliphatic carboxylic acids is 1. The maximum atomic E-state index is 11.7. The zero-order valence-electron chi connectivity index (χ0n) is 10.0. The molecular weight excluding hydrogens is 290 g/mol. The molecule has 1 aliphatic rings. The summed E-state index contributed by atoms with van der Waals surface area (Å²) in [6.07, 6.45) is 1.29. The quantitative estimate of drug-likeness (QED) is 0.836. The molecule has 1 unspecified atom stereocenters. The average Bonchev–Trinajstić information content (AvgIpc) is 3.15. The molecular formula is C12H14ClNO4S. The number of hydrogen-bond acceptors (Lipinski definition) is 3. The van der Waals surface area contributed by atoms with Gasteiger partial charge in [0.25, 0.3) is 0 Å². The molecule has 0 aromatic heterocycles. The van der Waals surface area contributed by atoms with Crippen molar-refractivity contribution in [1.82, 2.24) is 4.72 Å². The number of rotatable bonds is 6. The van der Waals surface area contributed by atoms with Crippen molar-refractivity contribution in [3.8, 4) is 0 Å². The maximum absolute atomic E-state index is 11.7. The van der Waals surface area contributed by atoms with Gasteiger partial charge >= 0.3 is 5.97 Å². The van der Waals surface area contributed by atoms with Crippen molar-refractivity contribution in [3.05, 3.63) is 34.9 Å². The van der Waals surface area contributed by atoms with E-state index in [0.717, 1.165) is 0 Å². The Morgan fingerprint density at radius 1 is 1.37 bits per heavy atom. The Bertz CT molecular complexity index is 566. The summed E-state index contributed by atoms with van der Waals surface area (Å²) >= 11 is 5.74. The van der Waals surface area contributed by atoms with Crippen molar-refractivity contribution in [3.63, 3.8) is 0 Å². The van der Waals surface area contributed by atoms with Crippen LogP contribution in [-0.2, 0) is 14.8 Å². The van der Waals surface area contributed by atoms with E-state index in [9.17, 15) is 18.3 Å². The van der Waals surface area contributed by atoms with Crippen LogP contribution in [0.3, 0.4) is 0 Å². The van der Waals surface area contributed by atoms with E-state index in [0.29, 0.717) is 23.4 Å². The van der Waals surface area contributed by atoms with Crippen molar-refractivity contribution in [2.45, 2.75) is 24.0 Å². The lowest BCUT2D eigenvalue weighted by Gasteiger charge is -2.14. The van der Waals surface area contributed by atoms with Gasteiger partial charge in [0.2, 0.25) is 10.0 Å². The summed E-state index contributed by atoms with van der Waals surface area (Å²) < 4.78 is 25.7. The highest BCUT2D eigenvalue weighted by atomic mass is 35.5. The minimum absolute atomic E-state index is 0.143. The molecule has 19 heavy (non-hydrogen) atoms. The molecule has 1 aliphatic carbocycles. The van der Waals surface area contributed by atoms with Gasteiger partial charge in [-0.2, -0.15) is 0 Å². The summed E-state index contributed by atoms with van der Waals surface area (Å²) in [5.74, 6) is -1.98. The Morgan fingerprint density at radius 2 is 1.95 bits per heavy atom. The molecule has 7 heteroatoms. The molecule has 0 aliphatic heterocycles. The van der Waals surface area contributed by atoms with Crippen LogP contribution in [0, 0.1) is 0 Å². The Hall–Kier alpha value is -1.11. The second-order valence-electron chi connectivity index (χ2n) is 4.54. The van der Waals surface area contributed by atoms with Crippen molar-refractivity contribution >= 4 is 27.6 Å². The predicted molar refractivity (Wildman–Crippen MR) is 71.8 cm³/mol. The number of sulfonamides is 1. The van der Waals surface area contributed by atoms with E-state index in [1.807, 2.05) is 0 Å². The molecule has 1 atom stereocenters. The van der Waals surface area contributed by atoms with E-state index in [1.54, 1.807) is 24.3 Å². The minimum atomic E-state index is -3.37. The van der Waals surface area contributed by atoms with Gasteiger partial charge in [0.15, 0.2) is 0 Å². The Balaban J connectivity index is 2.08. The summed E-state index contributed by atoms with van der Waals surface area (Å²) in [5, 5.41) is 9.33. The molecule has 0 heterocycles. The van der Waals surface area contributed by atoms with Crippen molar-refractivity contribution < 1.29 is 18.3 Å². The number of carboxylic acids is 1. The van der Waals surface area contributed by atoms with Crippen LogP contribution in [0.2, 0.25) is 5.02 Å². The fraction of sp³-hybridized carbons (Fsp3) is 0.417. The third-order valence-electron chi connectivity index (χ3n) is 3.02. The van der Waals surface area contributed by atoms with E-state index in [-0.39, 0.29) is 11.8 Å². The molecule has 0 amide bonds. The molecule has 1 saturated carbocycles. The van der Waals surface area contributed by atoms with Gasteiger partial charge in [0.05, 0.1) is 11.2 Å². The van der Waals surface area contributed by atoms with Gasteiger partial charge in [0, 0.05) is 11.6 Å². The van der Waals surface area contributed by atoms with Crippen LogP contribution in [0.1, 0.15) is 24.3 Å². The van der Waals surface area contributed by atoms with Crippen molar-refractivity contribution in [2.75, 3.05) is 6.54 Å². The zero-order valence-corrected chi connectivity index (χ0v) is 11.6. The fourth-order valence-corrected chi connectivity index (χ4v) is 3.26. The standard InChI is InChI=1S/C12H14ClNO4S/c13-9-3-1-8(2-4-9)11(12(15)16)7-14-19(17,18)10-5-6-10/h1-4,10-11,14H,5-7H2,(H,15,16). The highest BCUT2D eigenvalue weighted by Gasteiger charge is 2.36. The number of nitrogens with one attached hydrogen (secondary N) is 1. The van der Waals surface area contributed by atoms with Gasteiger partial charge in [-0.15, -0.1) is 0 Å². The zero-order chi connectivity index (χ0) is 14.0. The first kappa shape index (κ1) is 14.3. The van der Waals surface area contributed by atoms with Gasteiger partial charge in [-0.05, 0) is 30.5 Å². The topological polar surface area (TPSA) is 83.5 Å². The monoisotopic (exact) mass is 303 g/mol. The van der Waals surface area contributed by atoms with Gasteiger partial charge < -0.3 is 5.11 Å². The molecule has 1 fully saturated rings. The first-order valence-corrected chi connectivity index (χ1v) is 7.79. The minimum Gasteiger partial charge on any atom is -0.481 e. The van der Waals surface area contributed by atoms with Crippen LogP contribution in [0.5, 0.6) is 0 Å². The fourth-order valence-electron chi connectivity index (χ4n) is 1.74. The molecule has 1 aromatic carbocycles. The highest BCUT2D eigenvalue weighted by molar-refractivity contribution is 7.90. The van der Waals surface area contributed by atoms with Crippen molar-refractivity contribution in [1.29, 1.82) is 0 Å². The average molecular weight is 304 g/mol. The number of carbonyl (C=O) groups is 1. The Labute approximate surface area is 116 Å². The van der Waals surface area contributed by atoms with Crippen LogP contribution < -0.4 is 4.72 Å². The molecule has 104 valence electrons. The van der Waals surface area contributed by atoms with Crippen LogP contribution in [0.25, 0.3) is 0 Å². The lowest BCUT2D eigenvalue weighted by atomic mass is 10.00. The predicted octanol–water partition coefficient (Wildman–Crippen LogP) is 1.59. The largest absolute Gasteiger partial charge is 0.481 e. The lowest BCUT2D eigenvalue weighted by molar-refractivity contribution is -0.138. The van der Waals surface area contributed by atoms with Crippen LogP contribution in [0.15, 0.2) is 24.3 Å². The first-order chi connectivity index (χ1) is 8.90. The molecule has 0 radical (unpaired) electrons. The summed E-state index contributed by atoms with van der Waals surface area (Å²) in [7, 11) is -3.37. The highest BCUT2D eigenvalue weighted by Crippen LogP contribution is 2.28. The van der Waals surface area contributed by atoms with Gasteiger partial charge in [-0.25, -0.2) is 13.1 Å². The second-order valence-corrected chi connectivity index (χ2v) is 7.02. The summed E-state index contributed by atoms with van der Waals surface area (Å²) in [4.78, 5) is 11.2. The molecule has 0 saturated heterocycles. The SMILES string of the molecule is O=C(O)C(CNS(=O)(=O)C1CC1)c1ccc(Cl)cc1.